The number of amides is 1. The molecule has 0 radical (unpaired) electrons. The first-order valence-corrected chi connectivity index (χ1v) is 7.78. The average molecular weight is 319 g/mol. The smallest absolute Gasteiger partial charge is 0.335 e. The highest BCUT2D eigenvalue weighted by molar-refractivity contribution is 5.88. The molecule has 0 aliphatic carbocycles. The Labute approximate surface area is 134 Å². The maximum atomic E-state index is 12.6. The van der Waals surface area contributed by atoms with Crippen LogP contribution in [0.25, 0.3) is 0 Å². The molecule has 124 valence electrons. The molecule has 1 atom stereocenters. The molecule has 0 aromatic heterocycles. The number of hydrogen-bond acceptors (Lipinski definition) is 3. The molecule has 0 saturated heterocycles. The molecule has 0 bridgehead atoms. The summed E-state index contributed by atoms with van der Waals surface area (Å²) in [6.45, 7) is 3.03. The van der Waals surface area contributed by atoms with Gasteiger partial charge in [0.15, 0.2) is 0 Å². The van der Waals surface area contributed by atoms with E-state index in [1.54, 1.807) is 17.0 Å². The fourth-order valence-electron chi connectivity index (χ4n) is 2.91. The number of nitrogens with zero attached hydrogens (tertiary/aromatic N) is 1. The van der Waals surface area contributed by atoms with Crippen molar-refractivity contribution >= 4 is 17.8 Å². The van der Waals surface area contributed by atoms with E-state index in [9.17, 15) is 14.4 Å². The van der Waals surface area contributed by atoms with Gasteiger partial charge >= 0.3 is 11.9 Å². The van der Waals surface area contributed by atoms with Crippen LogP contribution in [0.15, 0.2) is 18.2 Å². The number of rotatable bonds is 6. The van der Waals surface area contributed by atoms with Crippen molar-refractivity contribution in [1.82, 2.24) is 4.90 Å². The van der Waals surface area contributed by atoms with Gasteiger partial charge in [-0.15, -0.1) is 0 Å². The van der Waals surface area contributed by atoms with Gasteiger partial charge in [0.25, 0.3) is 0 Å². The summed E-state index contributed by atoms with van der Waals surface area (Å²) < 4.78 is 0. The fourth-order valence-corrected chi connectivity index (χ4v) is 2.91. The molecule has 6 nitrogen and oxygen atoms in total. The molecule has 1 aliphatic rings. The third-order valence-corrected chi connectivity index (χ3v) is 4.14. The Morgan fingerprint density at radius 1 is 1.26 bits per heavy atom. The van der Waals surface area contributed by atoms with Crippen LogP contribution < -0.4 is 0 Å². The molecule has 1 aromatic carbocycles. The van der Waals surface area contributed by atoms with E-state index in [4.69, 9.17) is 10.2 Å². The molecule has 0 saturated carbocycles. The zero-order chi connectivity index (χ0) is 17.0. The first kappa shape index (κ1) is 17.0. The van der Waals surface area contributed by atoms with E-state index in [0.29, 0.717) is 13.1 Å². The second kappa shape index (κ2) is 7.26. The van der Waals surface area contributed by atoms with Gasteiger partial charge in [-0.3, -0.25) is 9.59 Å². The monoisotopic (exact) mass is 319 g/mol. The second-order valence-electron chi connectivity index (χ2n) is 5.90. The molecule has 1 aliphatic heterocycles. The molecule has 2 rings (SSSR count). The maximum Gasteiger partial charge on any atom is 0.335 e. The third kappa shape index (κ3) is 4.09. The Balaban J connectivity index is 2.36. The van der Waals surface area contributed by atoms with Crippen molar-refractivity contribution in [3.63, 3.8) is 0 Å². The van der Waals surface area contributed by atoms with Crippen molar-refractivity contribution in [3.8, 4) is 0 Å². The van der Waals surface area contributed by atoms with E-state index >= 15 is 0 Å². The van der Waals surface area contributed by atoms with Gasteiger partial charge in [-0.25, -0.2) is 4.79 Å². The van der Waals surface area contributed by atoms with Gasteiger partial charge in [0.1, 0.15) is 0 Å². The highest BCUT2D eigenvalue weighted by Crippen LogP contribution is 2.26. The number of carboxylic acids is 2. The van der Waals surface area contributed by atoms with E-state index in [-0.39, 0.29) is 24.3 Å². The number of carboxylic acid groups (broad SMARTS) is 2. The normalized spacial score (nSPS) is 17.5. The number of benzene rings is 1. The zero-order valence-electron chi connectivity index (χ0n) is 13.1. The van der Waals surface area contributed by atoms with Gasteiger partial charge in [-0.05, 0) is 36.1 Å². The Hall–Kier alpha value is -2.37. The first-order chi connectivity index (χ1) is 10.9. The number of carbonyl (C=O) groups excluding carboxylic acids is 1. The molecular weight excluding hydrogens is 298 g/mol. The number of unbranched alkanes of at least 4 members (excludes halogenated alkanes) is 1. The predicted molar refractivity (Wildman–Crippen MR) is 83.2 cm³/mol. The summed E-state index contributed by atoms with van der Waals surface area (Å²) in [7, 11) is 0. The maximum absolute atomic E-state index is 12.6. The minimum Gasteiger partial charge on any atom is -0.481 e. The minimum absolute atomic E-state index is 0.158. The van der Waals surface area contributed by atoms with Crippen LogP contribution in [0.5, 0.6) is 0 Å². The fraction of sp³-hybridized carbons (Fsp3) is 0.471. The Morgan fingerprint density at radius 3 is 2.61 bits per heavy atom. The third-order valence-electron chi connectivity index (χ3n) is 4.14. The quantitative estimate of drug-likeness (QED) is 0.838. The summed E-state index contributed by atoms with van der Waals surface area (Å²) in [5.41, 5.74) is 1.81. The highest BCUT2D eigenvalue weighted by Gasteiger charge is 2.31. The topological polar surface area (TPSA) is 94.9 Å². The molecule has 1 unspecified atom stereocenters. The van der Waals surface area contributed by atoms with Crippen molar-refractivity contribution in [2.45, 2.75) is 39.2 Å². The van der Waals surface area contributed by atoms with Crippen LogP contribution in [0.3, 0.4) is 0 Å². The van der Waals surface area contributed by atoms with Crippen LogP contribution in [0, 0.1) is 5.92 Å². The summed E-state index contributed by atoms with van der Waals surface area (Å²) in [6.07, 6.45) is 1.83. The lowest BCUT2D eigenvalue weighted by molar-refractivity contribution is -0.144. The number of aromatic carboxylic acids is 1. The summed E-state index contributed by atoms with van der Waals surface area (Å²) in [5.74, 6) is -2.85. The largest absolute Gasteiger partial charge is 0.481 e. The zero-order valence-corrected chi connectivity index (χ0v) is 13.1. The van der Waals surface area contributed by atoms with Gasteiger partial charge in [0, 0.05) is 13.1 Å². The highest BCUT2D eigenvalue weighted by atomic mass is 16.4. The van der Waals surface area contributed by atoms with Crippen molar-refractivity contribution < 1.29 is 24.6 Å². The van der Waals surface area contributed by atoms with Crippen molar-refractivity contribution in [3.05, 3.63) is 34.9 Å². The van der Waals surface area contributed by atoms with Gasteiger partial charge in [-0.2, -0.15) is 0 Å². The van der Waals surface area contributed by atoms with Gasteiger partial charge < -0.3 is 15.1 Å². The number of carbonyl (C=O) groups is 3. The van der Waals surface area contributed by atoms with E-state index in [0.717, 1.165) is 24.0 Å². The Morgan fingerprint density at radius 2 is 2.00 bits per heavy atom. The molecular formula is C17H21NO5. The van der Waals surface area contributed by atoms with Crippen LogP contribution in [0.2, 0.25) is 0 Å². The average Bonchev–Trinajstić information content (AvgIpc) is 2.62. The number of fused-ring (bicyclic) bond motifs is 1. The standard InChI is InChI=1S/C17H21NO5/c1-2-3-6-18-10-12-5-4-11(17(22)23)7-13(12)8-14(16(18)21)9-15(19)20/h4-5,7,14H,2-3,6,8-10H2,1H3,(H,19,20)(H,22,23). The lowest BCUT2D eigenvalue weighted by Gasteiger charge is -2.23. The van der Waals surface area contributed by atoms with Crippen LogP contribution in [0.1, 0.15) is 47.7 Å². The van der Waals surface area contributed by atoms with Crippen molar-refractivity contribution in [1.29, 1.82) is 0 Å². The number of hydrogen-bond donors (Lipinski definition) is 2. The Bertz CT molecular complexity index is 625. The van der Waals surface area contributed by atoms with Crippen LogP contribution in [-0.4, -0.2) is 39.5 Å². The van der Waals surface area contributed by atoms with E-state index in [1.165, 1.54) is 6.07 Å². The van der Waals surface area contributed by atoms with Gasteiger partial charge in [0.05, 0.1) is 17.9 Å². The van der Waals surface area contributed by atoms with E-state index in [2.05, 4.69) is 0 Å². The van der Waals surface area contributed by atoms with Crippen LogP contribution in [0.4, 0.5) is 0 Å². The van der Waals surface area contributed by atoms with Gasteiger partial charge in [0.2, 0.25) is 5.91 Å². The van der Waals surface area contributed by atoms with Crippen LogP contribution in [-0.2, 0) is 22.6 Å². The first-order valence-electron chi connectivity index (χ1n) is 7.78. The summed E-state index contributed by atoms with van der Waals surface area (Å²) in [4.78, 5) is 36.5. The molecule has 0 fully saturated rings. The molecule has 2 N–H and O–H groups in total. The van der Waals surface area contributed by atoms with Crippen molar-refractivity contribution in [2.75, 3.05) is 6.54 Å². The van der Waals surface area contributed by atoms with Crippen molar-refractivity contribution in [2.24, 2.45) is 5.92 Å². The van der Waals surface area contributed by atoms with Crippen LogP contribution >= 0.6 is 0 Å². The summed E-state index contributed by atoms with van der Waals surface area (Å²) in [6, 6.07) is 4.82. The molecule has 0 spiro atoms. The number of aliphatic carboxylic acids is 1. The molecule has 1 amide bonds. The molecule has 1 aromatic rings. The lowest BCUT2D eigenvalue weighted by Crippen LogP contribution is -2.36. The second-order valence-corrected chi connectivity index (χ2v) is 5.90. The van der Waals surface area contributed by atoms with E-state index < -0.39 is 17.9 Å². The minimum atomic E-state index is -1.03. The lowest BCUT2D eigenvalue weighted by atomic mass is 9.93. The molecule has 23 heavy (non-hydrogen) atoms. The summed E-state index contributed by atoms with van der Waals surface area (Å²) >= 11 is 0. The predicted octanol–water partition coefficient (Wildman–Crippen LogP) is 2.16. The Kier molecular flexibility index (Phi) is 5.36. The van der Waals surface area contributed by atoms with Gasteiger partial charge in [-0.1, -0.05) is 19.4 Å². The SMILES string of the molecule is CCCCN1Cc2ccc(C(=O)O)cc2CC(CC(=O)O)C1=O. The molecule has 1 heterocycles. The van der Waals surface area contributed by atoms with E-state index in [1.807, 2.05) is 6.92 Å². The molecule has 6 heteroatoms. The summed E-state index contributed by atoms with van der Waals surface area (Å²) in [5, 5.41) is 18.2.